The third kappa shape index (κ3) is 1.32. The quantitative estimate of drug-likeness (QED) is 0.670. The van der Waals surface area contributed by atoms with E-state index < -0.39 is 0 Å². The third-order valence-electron chi connectivity index (χ3n) is 3.06. The highest BCUT2D eigenvalue weighted by Gasteiger charge is 2.25. The molecule has 0 bridgehead atoms. The van der Waals surface area contributed by atoms with Crippen molar-refractivity contribution in [3.8, 4) is 0 Å². The standard InChI is InChI=1S/C12H9Br2NO/c13-9-5-6-15-11(9)10(14)7-3-1-2-4-8(7)12(15)16/h1-4,9H,5-6H2. The number of halogens is 2. The molecule has 0 saturated heterocycles. The molecule has 0 radical (unpaired) electrons. The minimum atomic E-state index is 0.121. The van der Waals surface area contributed by atoms with Gasteiger partial charge in [-0.1, -0.05) is 34.1 Å². The lowest BCUT2D eigenvalue weighted by Crippen LogP contribution is -2.20. The number of hydrogen-bond donors (Lipinski definition) is 0. The molecule has 1 aromatic carbocycles. The van der Waals surface area contributed by atoms with Gasteiger partial charge in [0.25, 0.3) is 5.56 Å². The minimum Gasteiger partial charge on any atom is -0.310 e. The highest BCUT2D eigenvalue weighted by Crippen LogP contribution is 2.39. The Labute approximate surface area is 110 Å². The van der Waals surface area contributed by atoms with Crippen molar-refractivity contribution in [3.05, 3.63) is 44.8 Å². The molecule has 1 atom stereocenters. The van der Waals surface area contributed by atoms with E-state index in [2.05, 4.69) is 31.9 Å². The number of fused-ring (bicyclic) bond motifs is 2. The molecule has 0 N–H and O–H groups in total. The van der Waals surface area contributed by atoms with Gasteiger partial charge >= 0.3 is 0 Å². The second kappa shape index (κ2) is 3.70. The first-order valence-corrected chi connectivity index (χ1v) is 6.86. The minimum absolute atomic E-state index is 0.121. The van der Waals surface area contributed by atoms with Crippen molar-refractivity contribution in [2.24, 2.45) is 0 Å². The summed E-state index contributed by atoms with van der Waals surface area (Å²) in [5, 5.41) is 1.80. The van der Waals surface area contributed by atoms with E-state index >= 15 is 0 Å². The van der Waals surface area contributed by atoms with Gasteiger partial charge in [0, 0.05) is 27.5 Å². The molecule has 2 heterocycles. The van der Waals surface area contributed by atoms with Crippen LogP contribution in [-0.2, 0) is 6.54 Å². The van der Waals surface area contributed by atoms with Crippen molar-refractivity contribution in [1.82, 2.24) is 4.57 Å². The van der Waals surface area contributed by atoms with Crippen molar-refractivity contribution < 1.29 is 0 Å². The van der Waals surface area contributed by atoms with Crippen molar-refractivity contribution in [1.29, 1.82) is 0 Å². The summed E-state index contributed by atoms with van der Waals surface area (Å²) in [5.74, 6) is 0. The fraction of sp³-hybridized carbons (Fsp3) is 0.250. The van der Waals surface area contributed by atoms with E-state index in [1.807, 2.05) is 28.8 Å². The number of hydrogen-bond acceptors (Lipinski definition) is 1. The maximum absolute atomic E-state index is 12.2. The molecular formula is C12H9Br2NO. The summed E-state index contributed by atoms with van der Waals surface area (Å²) in [4.78, 5) is 12.5. The Bertz CT molecular complexity index is 633. The van der Waals surface area contributed by atoms with Gasteiger partial charge in [-0.25, -0.2) is 0 Å². The van der Waals surface area contributed by atoms with Crippen LogP contribution in [-0.4, -0.2) is 4.57 Å². The topological polar surface area (TPSA) is 22.0 Å². The Morgan fingerprint density at radius 1 is 1.25 bits per heavy atom. The average molecular weight is 343 g/mol. The van der Waals surface area contributed by atoms with Gasteiger partial charge in [-0.3, -0.25) is 4.79 Å². The normalized spacial score (nSPS) is 19.0. The number of aromatic nitrogens is 1. The van der Waals surface area contributed by atoms with E-state index in [4.69, 9.17) is 0 Å². The van der Waals surface area contributed by atoms with Gasteiger partial charge in [0.15, 0.2) is 0 Å². The molecule has 1 aliphatic rings. The monoisotopic (exact) mass is 341 g/mol. The molecule has 1 unspecified atom stereocenters. The van der Waals surface area contributed by atoms with E-state index in [9.17, 15) is 4.79 Å². The van der Waals surface area contributed by atoms with Crippen LogP contribution in [0.15, 0.2) is 33.5 Å². The molecular weight excluding hydrogens is 334 g/mol. The van der Waals surface area contributed by atoms with E-state index in [0.29, 0.717) is 0 Å². The van der Waals surface area contributed by atoms with Gasteiger partial charge < -0.3 is 4.57 Å². The molecule has 4 heteroatoms. The first-order chi connectivity index (χ1) is 7.70. The lowest BCUT2D eigenvalue weighted by atomic mass is 10.1. The zero-order chi connectivity index (χ0) is 11.3. The van der Waals surface area contributed by atoms with E-state index in [1.54, 1.807) is 0 Å². The summed E-state index contributed by atoms with van der Waals surface area (Å²) in [5.41, 5.74) is 1.19. The second-order valence-corrected chi connectivity index (χ2v) is 5.86. The smallest absolute Gasteiger partial charge is 0.258 e. The van der Waals surface area contributed by atoms with Gasteiger partial charge in [0.2, 0.25) is 0 Å². The molecule has 3 rings (SSSR count). The van der Waals surface area contributed by atoms with Crippen LogP contribution < -0.4 is 5.56 Å². The first-order valence-electron chi connectivity index (χ1n) is 5.15. The second-order valence-electron chi connectivity index (χ2n) is 3.96. The van der Waals surface area contributed by atoms with Crippen LogP contribution in [0, 0.1) is 0 Å². The maximum atomic E-state index is 12.2. The summed E-state index contributed by atoms with van der Waals surface area (Å²) >= 11 is 7.24. The van der Waals surface area contributed by atoms with Gasteiger partial charge in [0.1, 0.15) is 0 Å². The summed E-state index contributed by atoms with van der Waals surface area (Å²) in [7, 11) is 0. The van der Waals surface area contributed by atoms with E-state index in [-0.39, 0.29) is 10.4 Å². The van der Waals surface area contributed by atoms with Crippen LogP contribution in [0.3, 0.4) is 0 Å². The Hall–Kier alpha value is -0.610. The van der Waals surface area contributed by atoms with E-state index in [1.165, 1.54) is 0 Å². The fourth-order valence-electron chi connectivity index (χ4n) is 2.28. The summed E-state index contributed by atoms with van der Waals surface area (Å²) in [6.45, 7) is 0.799. The molecule has 1 aliphatic heterocycles. The Morgan fingerprint density at radius 2 is 1.94 bits per heavy atom. The van der Waals surface area contributed by atoms with Gasteiger partial charge in [-0.05, 0) is 28.4 Å². The van der Waals surface area contributed by atoms with Gasteiger partial charge in [-0.15, -0.1) is 0 Å². The van der Waals surface area contributed by atoms with Crippen LogP contribution in [0.4, 0.5) is 0 Å². The van der Waals surface area contributed by atoms with E-state index in [0.717, 1.165) is 33.9 Å². The lowest BCUT2D eigenvalue weighted by molar-refractivity contribution is 0.725. The summed E-state index contributed by atoms with van der Waals surface area (Å²) < 4.78 is 2.91. The molecule has 1 aromatic heterocycles. The summed E-state index contributed by atoms with van der Waals surface area (Å²) in [6, 6.07) is 7.74. The molecule has 0 amide bonds. The zero-order valence-electron chi connectivity index (χ0n) is 8.41. The van der Waals surface area contributed by atoms with Gasteiger partial charge in [-0.2, -0.15) is 0 Å². The third-order valence-corrected chi connectivity index (χ3v) is 4.78. The Kier molecular flexibility index (Phi) is 2.44. The fourth-order valence-corrected chi connectivity index (χ4v) is 4.10. The average Bonchev–Trinajstić information content (AvgIpc) is 2.69. The van der Waals surface area contributed by atoms with Crippen molar-refractivity contribution in [2.45, 2.75) is 17.8 Å². The van der Waals surface area contributed by atoms with Crippen molar-refractivity contribution in [2.75, 3.05) is 0 Å². The number of pyridine rings is 1. The predicted octanol–water partition coefficient (Wildman–Crippen LogP) is 3.60. The molecule has 82 valence electrons. The lowest BCUT2D eigenvalue weighted by Gasteiger charge is -2.10. The zero-order valence-corrected chi connectivity index (χ0v) is 11.6. The van der Waals surface area contributed by atoms with Crippen LogP contribution >= 0.6 is 31.9 Å². The molecule has 16 heavy (non-hydrogen) atoms. The highest BCUT2D eigenvalue weighted by molar-refractivity contribution is 9.11. The number of alkyl halides is 1. The Balaban J connectivity index is 2.54. The number of nitrogens with zero attached hydrogens (tertiary/aromatic N) is 1. The van der Waals surface area contributed by atoms with Crippen LogP contribution in [0.25, 0.3) is 10.8 Å². The molecule has 0 aliphatic carbocycles. The molecule has 2 aromatic rings. The van der Waals surface area contributed by atoms with Crippen LogP contribution in [0.5, 0.6) is 0 Å². The van der Waals surface area contributed by atoms with Crippen molar-refractivity contribution >= 4 is 42.6 Å². The SMILES string of the molecule is O=c1c2ccccc2c(Br)c2n1CCC2Br. The highest BCUT2D eigenvalue weighted by atomic mass is 79.9. The predicted molar refractivity (Wildman–Crippen MR) is 72.2 cm³/mol. The summed E-state index contributed by atoms with van der Waals surface area (Å²) in [6.07, 6.45) is 0.976. The van der Waals surface area contributed by atoms with Gasteiger partial charge in [0.05, 0.1) is 4.83 Å². The number of rotatable bonds is 0. The first kappa shape index (κ1) is 10.5. The molecule has 0 saturated carbocycles. The Morgan fingerprint density at radius 3 is 2.69 bits per heavy atom. The van der Waals surface area contributed by atoms with Crippen LogP contribution in [0.2, 0.25) is 0 Å². The maximum Gasteiger partial charge on any atom is 0.258 e. The molecule has 0 spiro atoms. The molecule has 0 fully saturated rings. The van der Waals surface area contributed by atoms with Crippen LogP contribution in [0.1, 0.15) is 16.9 Å². The largest absolute Gasteiger partial charge is 0.310 e. The van der Waals surface area contributed by atoms with Crippen molar-refractivity contribution in [3.63, 3.8) is 0 Å². The number of benzene rings is 1. The molecule has 2 nitrogen and oxygen atoms in total.